The van der Waals surface area contributed by atoms with Gasteiger partial charge in [-0.3, -0.25) is 4.79 Å². The number of esters is 1. The summed E-state index contributed by atoms with van der Waals surface area (Å²) in [5.41, 5.74) is 7.29. The van der Waals surface area contributed by atoms with Crippen LogP contribution in [-0.4, -0.2) is 23.0 Å². The Kier molecular flexibility index (Phi) is 5.47. The average Bonchev–Trinajstić information content (AvgIpc) is 2.98. The third kappa shape index (κ3) is 3.88. The van der Waals surface area contributed by atoms with Gasteiger partial charge in [-0.05, 0) is 44.5 Å². The second kappa shape index (κ2) is 7.70. The fraction of sp³-hybridized carbons (Fsp3) is 0.211. The second-order valence-electron chi connectivity index (χ2n) is 6.37. The smallest absolute Gasteiger partial charge is 0.351 e. The molecule has 3 N–H and O–H groups in total. The molecule has 3 aromatic rings. The number of aryl methyl sites for hydroxylation is 2. The summed E-state index contributed by atoms with van der Waals surface area (Å²) >= 11 is 1.03. The molecule has 2 heterocycles. The molecule has 1 aromatic carbocycles. The van der Waals surface area contributed by atoms with Crippen LogP contribution >= 0.6 is 11.3 Å². The van der Waals surface area contributed by atoms with E-state index in [1.807, 2.05) is 19.9 Å². The van der Waals surface area contributed by atoms with Crippen LogP contribution in [0, 0.1) is 31.3 Å². The molecule has 1 amide bonds. The molecule has 3 rings (SSSR count). The predicted octanol–water partition coefficient (Wildman–Crippen LogP) is 4.10. The molecule has 1 atom stereocenters. The van der Waals surface area contributed by atoms with Gasteiger partial charge in [0.2, 0.25) is 0 Å². The van der Waals surface area contributed by atoms with Gasteiger partial charge in [0, 0.05) is 11.1 Å². The van der Waals surface area contributed by atoms with Crippen LogP contribution in [0.25, 0.3) is 10.2 Å². The number of benzene rings is 1. The lowest BCUT2D eigenvalue weighted by Gasteiger charge is -2.14. The van der Waals surface area contributed by atoms with Crippen molar-refractivity contribution in [2.24, 2.45) is 0 Å². The van der Waals surface area contributed by atoms with Crippen molar-refractivity contribution in [2.45, 2.75) is 26.9 Å². The molecular weight excluding hydrogens is 407 g/mol. The number of hydrogen-bond acceptors (Lipinski definition) is 6. The van der Waals surface area contributed by atoms with Gasteiger partial charge in [0.15, 0.2) is 23.6 Å². The van der Waals surface area contributed by atoms with E-state index in [0.717, 1.165) is 28.7 Å². The Morgan fingerprint density at radius 1 is 1.21 bits per heavy atom. The maximum Gasteiger partial charge on any atom is 0.351 e. The number of anilines is 2. The summed E-state index contributed by atoms with van der Waals surface area (Å²) in [6, 6.07) is 3.36. The van der Waals surface area contributed by atoms with Crippen molar-refractivity contribution in [3.05, 3.63) is 51.8 Å². The van der Waals surface area contributed by atoms with Gasteiger partial charge in [0.1, 0.15) is 9.71 Å². The molecule has 2 aromatic heterocycles. The molecule has 0 aliphatic heterocycles. The molecular formula is C19H16F3N3O3S. The minimum Gasteiger partial charge on any atom is -0.448 e. The Morgan fingerprint density at radius 2 is 1.90 bits per heavy atom. The first kappa shape index (κ1) is 20.6. The van der Waals surface area contributed by atoms with E-state index in [1.165, 1.54) is 6.92 Å². The van der Waals surface area contributed by atoms with Crippen LogP contribution in [-0.2, 0) is 9.53 Å². The highest BCUT2D eigenvalue weighted by molar-refractivity contribution is 7.21. The largest absolute Gasteiger partial charge is 0.448 e. The van der Waals surface area contributed by atoms with Crippen LogP contribution in [0.3, 0.4) is 0 Å². The highest BCUT2D eigenvalue weighted by Gasteiger charge is 2.25. The molecule has 0 aliphatic rings. The average molecular weight is 423 g/mol. The SMILES string of the molecule is Cc1cc(C)c2c(N)c(C(=O)OC(C)C(=O)Nc3ccc(F)c(F)c3F)sc2n1. The van der Waals surface area contributed by atoms with Crippen molar-refractivity contribution in [1.82, 2.24) is 4.98 Å². The number of nitrogens with zero attached hydrogens (tertiary/aromatic N) is 1. The first-order chi connectivity index (χ1) is 13.6. The van der Waals surface area contributed by atoms with E-state index in [1.54, 1.807) is 0 Å². The number of halogens is 3. The third-order valence-electron chi connectivity index (χ3n) is 4.16. The first-order valence-electron chi connectivity index (χ1n) is 8.41. The lowest BCUT2D eigenvalue weighted by Crippen LogP contribution is -2.30. The molecule has 0 saturated heterocycles. The molecule has 10 heteroatoms. The van der Waals surface area contributed by atoms with E-state index in [2.05, 4.69) is 10.3 Å². The molecule has 29 heavy (non-hydrogen) atoms. The summed E-state index contributed by atoms with van der Waals surface area (Å²) in [6.07, 6.45) is -1.35. The maximum absolute atomic E-state index is 13.7. The number of nitrogen functional groups attached to an aromatic ring is 1. The van der Waals surface area contributed by atoms with Gasteiger partial charge < -0.3 is 15.8 Å². The van der Waals surface area contributed by atoms with Crippen LogP contribution in [0.5, 0.6) is 0 Å². The molecule has 152 valence electrons. The lowest BCUT2D eigenvalue weighted by molar-refractivity contribution is -0.123. The van der Waals surface area contributed by atoms with E-state index in [0.29, 0.717) is 16.3 Å². The Hall–Kier alpha value is -3.14. The van der Waals surface area contributed by atoms with Crippen molar-refractivity contribution >= 4 is 44.8 Å². The van der Waals surface area contributed by atoms with Gasteiger partial charge in [-0.2, -0.15) is 0 Å². The van der Waals surface area contributed by atoms with E-state index in [4.69, 9.17) is 10.5 Å². The Labute approximate surface area is 167 Å². The highest BCUT2D eigenvalue weighted by atomic mass is 32.1. The van der Waals surface area contributed by atoms with Crippen LogP contribution in [0.2, 0.25) is 0 Å². The topological polar surface area (TPSA) is 94.3 Å². The minimum atomic E-state index is -1.72. The highest BCUT2D eigenvalue weighted by Crippen LogP contribution is 2.35. The predicted molar refractivity (Wildman–Crippen MR) is 103 cm³/mol. The van der Waals surface area contributed by atoms with Crippen LogP contribution in [0.1, 0.15) is 27.9 Å². The molecule has 0 radical (unpaired) electrons. The van der Waals surface area contributed by atoms with E-state index < -0.39 is 41.1 Å². The van der Waals surface area contributed by atoms with Crippen molar-refractivity contribution in [3.8, 4) is 0 Å². The molecule has 0 aliphatic carbocycles. The summed E-state index contributed by atoms with van der Waals surface area (Å²) in [5.74, 6) is -6.44. The number of thiophene rings is 1. The number of amides is 1. The Balaban J connectivity index is 1.78. The lowest BCUT2D eigenvalue weighted by atomic mass is 10.1. The van der Waals surface area contributed by atoms with Gasteiger partial charge in [-0.25, -0.2) is 22.9 Å². The quantitative estimate of drug-likeness (QED) is 0.487. The number of carbonyl (C=O) groups is 2. The molecule has 0 fully saturated rings. The standard InChI is InChI=1S/C19H16F3N3O3S/c1-7-6-8(2)24-18-12(7)15(23)16(29-18)19(27)28-9(3)17(26)25-11-5-4-10(20)13(21)14(11)22/h4-6,9H,23H2,1-3H3,(H,25,26). The van der Waals surface area contributed by atoms with Crippen molar-refractivity contribution in [1.29, 1.82) is 0 Å². The number of nitrogens with one attached hydrogen (secondary N) is 1. The van der Waals surface area contributed by atoms with Gasteiger partial charge in [-0.15, -0.1) is 11.3 Å². The number of hydrogen-bond donors (Lipinski definition) is 2. The zero-order valence-electron chi connectivity index (χ0n) is 15.6. The Bertz CT molecular complexity index is 1150. The summed E-state index contributed by atoms with van der Waals surface area (Å²) in [4.78, 5) is 29.6. The van der Waals surface area contributed by atoms with Crippen molar-refractivity contribution in [2.75, 3.05) is 11.1 Å². The summed E-state index contributed by atoms with van der Waals surface area (Å²) in [5, 5.41) is 2.69. The number of fused-ring (bicyclic) bond motifs is 1. The molecule has 0 bridgehead atoms. The summed E-state index contributed by atoms with van der Waals surface area (Å²) < 4.78 is 45.1. The number of ether oxygens (including phenoxy) is 1. The van der Waals surface area contributed by atoms with Crippen molar-refractivity contribution in [3.63, 3.8) is 0 Å². The van der Waals surface area contributed by atoms with E-state index in [9.17, 15) is 22.8 Å². The fourth-order valence-corrected chi connectivity index (χ4v) is 3.84. The molecule has 6 nitrogen and oxygen atoms in total. The number of pyridine rings is 1. The molecule has 1 unspecified atom stereocenters. The normalized spacial score (nSPS) is 12.1. The number of aromatic nitrogens is 1. The zero-order valence-corrected chi connectivity index (χ0v) is 16.4. The van der Waals surface area contributed by atoms with Gasteiger partial charge >= 0.3 is 5.97 Å². The Morgan fingerprint density at radius 3 is 2.59 bits per heavy atom. The van der Waals surface area contributed by atoms with Crippen LogP contribution in [0.15, 0.2) is 18.2 Å². The summed E-state index contributed by atoms with van der Waals surface area (Å²) in [7, 11) is 0. The van der Waals surface area contributed by atoms with Crippen molar-refractivity contribution < 1.29 is 27.5 Å². The zero-order chi connectivity index (χ0) is 21.5. The fourth-order valence-electron chi connectivity index (χ4n) is 2.75. The molecule has 0 spiro atoms. The van der Waals surface area contributed by atoms with E-state index >= 15 is 0 Å². The van der Waals surface area contributed by atoms with Crippen LogP contribution in [0.4, 0.5) is 24.5 Å². The monoisotopic (exact) mass is 423 g/mol. The van der Waals surface area contributed by atoms with Crippen LogP contribution < -0.4 is 11.1 Å². The second-order valence-corrected chi connectivity index (χ2v) is 7.36. The maximum atomic E-state index is 13.7. The number of carbonyl (C=O) groups excluding carboxylic acids is 2. The van der Waals surface area contributed by atoms with Gasteiger partial charge in [0.25, 0.3) is 5.91 Å². The minimum absolute atomic E-state index is 0.0832. The molecule has 0 saturated carbocycles. The number of rotatable bonds is 4. The van der Waals surface area contributed by atoms with Gasteiger partial charge in [0.05, 0.1) is 11.4 Å². The number of nitrogens with two attached hydrogens (primary N) is 1. The first-order valence-corrected chi connectivity index (χ1v) is 9.23. The van der Waals surface area contributed by atoms with E-state index in [-0.39, 0.29) is 10.6 Å². The third-order valence-corrected chi connectivity index (χ3v) is 5.24. The van der Waals surface area contributed by atoms with Gasteiger partial charge in [-0.1, -0.05) is 0 Å². The summed E-state index contributed by atoms with van der Waals surface area (Å²) in [6.45, 7) is 4.90.